The second kappa shape index (κ2) is 7.51. The van der Waals surface area contributed by atoms with Crippen LogP contribution in [0.4, 0.5) is 0 Å². The van der Waals surface area contributed by atoms with Crippen molar-refractivity contribution < 1.29 is 9.21 Å². The predicted molar refractivity (Wildman–Crippen MR) is 94.1 cm³/mol. The Morgan fingerprint density at radius 1 is 1.23 bits per heavy atom. The molecule has 0 bridgehead atoms. The molecular formula is C19H21N5O2. The summed E-state index contributed by atoms with van der Waals surface area (Å²) in [6.07, 6.45) is 5.84. The van der Waals surface area contributed by atoms with Crippen LogP contribution in [0, 0.1) is 0 Å². The van der Waals surface area contributed by atoms with Crippen molar-refractivity contribution in [1.82, 2.24) is 24.6 Å². The maximum absolute atomic E-state index is 12.5. The molecule has 0 atom stereocenters. The van der Waals surface area contributed by atoms with E-state index in [1.165, 1.54) is 11.9 Å². The monoisotopic (exact) mass is 351 g/mol. The minimum absolute atomic E-state index is 0.156. The summed E-state index contributed by atoms with van der Waals surface area (Å²) >= 11 is 0. The number of aryl methyl sites for hydroxylation is 1. The first-order chi connectivity index (χ1) is 12.8. The van der Waals surface area contributed by atoms with Crippen molar-refractivity contribution in [1.29, 1.82) is 0 Å². The topological polar surface area (TPSA) is 77.0 Å². The fraction of sp³-hybridized carbons (Fsp3) is 0.368. The molecule has 3 heterocycles. The summed E-state index contributed by atoms with van der Waals surface area (Å²) in [6.45, 7) is 1.93. The van der Waals surface area contributed by atoms with Crippen LogP contribution >= 0.6 is 0 Å². The average molecular weight is 351 g/mol. The highest BCUT2D eigenvalue weighted by atomic mass is 16.4. The van der Waals surface area contributed by atoms with Crippen LogP contribution in [0.1, 0.15) is 35.7 Å². The largest absolute Gasteiger partial charge is 0.445 e. The average Bonchev–Trinajstić information content (AvgIpc) is 3.31. The van der Waals surface area contributed by atoms with Gasteiger partial charge in [-0.3, -0.25) is 9.48 Å². The highest BCUT2D eigenvalue weighted by Crippen LogP contribution is 2.22. The molecule has 1 aliphatic rings. The van der Waals surface area contributed by atoms with Gasteiger partial charge in [0, 0.05) is 32.4 Å². The first-order valence-electron chi connectivity index (χ1n) is 8.89. The van der Waals surface area contributed by atoms with E-state index in [1.807, 2.05) is 23.1 Å². The van der Waals surface area contributed by atoms with E-state index in [-0.39, 0.29) is 5.91 Å². The van der Waals surface area contributed by atoms with Crippen LogP contribution in [0.25, 0.3) is 0 Å². The fourth-order valence-corrected chi connectivity index (χ4v) is 3.21. The van der Waals surface area contributed by atoms with Crippen LogP contribution < -0.4 is 0 Å². The lowest BCUT2D eigenvalue weighted by Gasteiger charge is -2.25. The van der Waals surface area contributed by atoms with Crippen molar-refractivity contribution >= 4 is 5.91 Å². The van der Waals surface area contributed by atoms with Crippen LogP contribution in [0.15, 0.2) is 47.4 Å². The molecule has 0 saturated heterocycles. The zero-order valence-corrected chi connectivity index (χ0v) is 14.5. The number of amides is 1. The number of fused-ring (bicyclic) bond motifs is 1. The molecule has 0 unspecified atom stereocenters. The van der Waals surface area contributed by atoms with Gasteiger partial charge >= 0.3 is 0 Å². The maximum atomic E-state index is 12.5. The molecule has 7 heteroatoms. The minimum atomic E-state index is 0.156. The van der Waals surface area contributed by atoms with E-state index < -0.39 is 0 Å². The Bertz CT molecular complexity index is 857. The van der Waals surface area contributed by atoms with E-state index in [9.17, 15) is 4.79 Å². The Labute approximate surface area is 151 Å². The first-order valence-corrected chi connectivity index (χ1v) is 8.89. The molecule has 3 aromatic rings. The van der Waals surface area contributed by atoms with Crippen LogP contribution in [-0.2, 0) is 30.7 Å². The van der Waals surface area contributed by atoms with Crippen molar-refractivity contribution in [2.75, 3.05) is 6.54 Å². The third-order valence-corrected chi connectivity index (χ3v) is 4.57. The van der Waals surface area contributed by atoms with Gasteiger partial charge in [-0.15, -0.1) is 0 Å². The standard InChI is InChI=1S/C19H21N5O2/c25-19(7-4-9-24-14-20-13-21-24)23-10-8-17-16(12-23)22-18(26-17)11-15-5-2-1-3-6-15/h1-3,5-6,13-14H,4,7-12H2. The second-order valence-electron chi connectivity index (χ2n) is 6.47. The summed E-state index contributed by atoms with van der Waals surface area (Å²) in [6, 6.07) is 10.1. The van der Waals surface area contributed by atoms with Gasteiger partial charge in [0.15, 0.2) is 5.89 Å². The number of oxazole rings is 1. The summed E-state index contributed by atoms with van der Waals surface area (Å²) in [7, 11) is 0. The molecule has 0 spiro atoms. The van der Waals surface area contributed by atoms with Gasteiger partial charge in [0.05, 0.1) is 6.54 Å². The van der Waals surface area contributed by atoms with Crippen molar-refractivity contribution in [2.45, 2.75) is 38.8 Å². The van der Waals surface area contributed by atoms with Crippen LogP contribution in [0.5, 0.6) is 0 Å². The number of aromatic nitrogens is 4. The number of carbonyl (C=O) groups excluding carboxylic acids is 1. The lowest BCUT2D eigenvalue weighted by Crippen LogP contribution is -2.35. The number of benzene rings is 1. The molecule has 0 saturated carbocycles. The molecular weight excluding hydrogens is 330 g/mol. The van der Waals surface area contributed by atoms with E-state index in [0.29, 0.717) is 32.5 Å². The molecule has 2 aromatic heterocycles. The third kappa shape index (κ3) is 3.82. The fourth-order valence-electron chi connectivity index (χ4n) is 3.21. The highest BCUT2D eigenvalue weighted by Gasteiger charge is 2.25. The number of hydrogen-bond donors (Lipinski definition) is 0. The van der Waals surface area contributed by atoms with Gasteiger partial charge in [0.1, 0.15) is 24.1 Å². The van der Waals surface area contributed by atoms with E-state index in [1.54, 1.807) is 11.0 Å². The molecule has 0 radical (unpaired) electrons. The van der Waals surface area contributed by atoms with Gasteiger partial charge in [0.25, 0.3) is 0 Å². The van der Waals surface area contributed by atoms with Gasteiger partial charge in [-0.2, -0.15) is 5.10 Å². The number of rotatable bonds is 6. The van der Waals surface area contributed by atoms with E-state index >= 15 is 0 Å². The van der Waals surface area contributed by atoms with E-state index in [4.69, 9.17) is 4.42 Å². The molecule has 4 rings (SSSR count). The van der Waals surface area contributed by atoms with Crippen molar-refractivity contribution in [3.63, 3.8) is 0 Å². The molecule has 26 heavy (non-hydrogen) atoms. The molecule has 7 nitrogen and oxygen atoms in total. The summed E-state index contributed by atoms with van der Waals surface area (Å²) < 4.78 is 7.65. The molecule has 0 N–H and O–H groups in total. The van der Waals surface area contributed by atoms with Gasteiger partial charge in [-0.1, -0.05) is 30.3 Å². The Balaban J connectivity index is 1.33. The smallest absolute Gasteiger partial charge is 0.223 e. The van der Waals surface area contributed by atoms with Crippen molar-refractivity contribution in [3.8, 4) is 0 Å². The molecule has 0 aliphatic carbocycles. The van der Waals surface area contributed by atoms with Crippen molar-refractivity contribution in [2.24, 2.45) is 0 Å². The Morgan fingerprint density at radius 3 is 2.92 bits per heavy atom. The molecule has 1 amide bonds. The number of nitrogens with zero attached hydrogens (tertiary/aromatic N) is 5. The predicted octanol–water partition coefficient (Wildman–Crippen LogP) is 2.22. The second-order valence-corrected chi connectivity index (χ2v) is 6.47. The van der Waals surface area contributed by atoms with Crippen LogP contribution in [0.2, 0.25) is 0 Å². The molecule has 1 aliphatic heterocycles. The molecule has 1 aromatic carbocycles. The van der Waals surface area contributed by atoms with Gasteiger partial charge < -0.3 is 9.32 Å². The lowest BCUT2D eigenvalue weighted by atomic mass is 10.1. The summed E-state index contributed by atoms with van der Waals surface area (Å²) in [5.74, 6) is 1.80. The zero-order valence-electron chi connectivity index (χ0n) is 14.5. The lowest BCUT2D eigenvalue weighted by molar-refractivity contribution is -0.132. The molecule has 0 fully saturated rings. The summed E-state index contributed by atoms with van der Waals surface area (Å²) in [5.41, 5.74) is 2.07. The van der Waals surface area contributed by atoms with E-state index in [2.05, 4.69) is 27.2 Å². The number of hydrogen-bond acceptors (Lipinski definition) is 5. The Kier molecular flexibility index (Phi) is 4.77. The minimum Gasteiger partial charge on any atom is -0.445 e. The normalized spacial score (nSPS) is 13.6. The van der Waals surface area contributed by atoms with Gasteiger partial charge in [-0.05, 0) is 12.0 Å². The van der Waals surface area contributed by atoms with Gasteiger partial charge in [0.2, 0.25) is 5.91 Å². The Hall–Kier alpha value is -2.96. The third-order valence-electron chi connectivity index (χ3n) is 4.57. The van der Waals surface area contributed by atoms with E-state index in [0.717, 1.165) is 30.2 Å². The summed E-state index contributed by atoms with van der Waals surface area (Å²) in [4.78, 5) is 22.9. The highest BCUT2D eigenvalue weighted by molar-refractivity contribution is 5.76. The Morgan fingerprint density at radius 2 is 2.12 bits per heavy atom. The van der Waals surface area contributed by atoms with Crippen LogP contribution in [0.3, 0.4) is 0 Å². The summed E-state index contributed by atoms with van der Waals surface area (Å²) in [5, 5.41) is 4.05. The van der Waals surface area contributed by atoms with Crippen LogP contribution in [-0.4, -0.2) is 37.1 Å². The zero-order chi connectivity index (χ0) is 17.8. The SMILES string of the molecule is O=C(CCCn1cncn1)N1CCc2oc(Cc3ccccc3)nc2C1. The number of carbonyl (C=O) groups is 1. The van der Waals surface area contributed by atoms with Gasteiger partial charge in [-0.25, -0.2) is 9.97 Å². The van der Waals surface area contributed by atoms with Crippen molar-refractivity contribution in [3.05, 3.63) is 65.9 Å². The maximum Gasteiger partial charge on any atom is 0.223 e. The quantitative estimate of drug-likeness (QED) is 0.680. The molecule has 134 valence electrons. The first kappa shape index (κ1) is 16.5.